The third kappa shape index (κ3) is 15.9. The van der Waals surface area contributed by atoms with E-state index in [1.165, 1.54) is 0 Å². The normalized spacial score (nSPS) is 9.70. The molecule has 0 bridgehead atoms. The Bertz CT molecular complexity index is 51.7. The van der Waals surface area contributed by atoms with Gasteiger partial charge in [0, 0.05) is 13.1 Å². The van der Waals surface area contributed by atoms with Gasteiger partial charge in [-0.1, -0.05) is 0 Å². The van der Waals surface area contributed by atoms with Crippen LogP contribution in [0.4, 0.5) is 0 Å². The summed E-state index contributed by atoms with van der Waals surface area (Å²) in [6.45, 7) is 2.29. The van der Waals surface area contributed by atoms with Crippen LogP contribution in [0.3, 0.4) is 0 Å². The van der Waals surface area contributed by atoms with Gasteiger partial charge in [0.2, 0.25) is 0 Å². The van der Waals surface area contributed by atoms with Gasteiger partial charge >= 0.3 is 27.0 Å². The Kier molecular flexibility index (Phi) is 13.2. The second kappa shape index (κ2) is 9.83. The van der Waals surface area contributed by atoms with Gasteiger partial charge in [-0.05, 0) is 28.2 Å². The van der Waals surface area contributed by atoms with E-state index >= 15 is 0 Å². The maximum absolute atomic E-state index is 4.76. The molecule has 0 unspecified atom stereocenters. The van der Waals surface area contributed by atoms with E-state index in [2.05, 4.69) is 38.0 Å². The minimum absolute atomic E-state index is 0.847. The zero-order chi connectivity index (χ0) is 8.57. The Morgan fingerprint density at radius 3 is 1.20 bits per heavy atom. The fourth-order valence-corrected chi connectivity index (χ4v) is 0.400. The van der Waals surface area contributed by atoms with Crippen LogP contribution in [0.1, 0.15) is 0 Å². The molecule has 0 saturated carbocycles. The molecule has 0 aromatic heterocycles. The first-order valence-electron chi connectivity index (χ1n) is 3.19. The molecule has 0 aromatic rings. The molecule has 0 heterocycles. The zero-order valence-electron chi connectivity index (χ0n) is 7.39. The Hall–Kier alpha value is 0.833. The predicted molar refractivity (Wildman–Crippen MR) is 43.0 cm³/mol. The number of rotatable bonds is 3. The van der Waals surface area contributed by atoms with Gasteiger partial charge in [-0.25, -0.2) is 0 Å². The van der Waals surface area contributed by atoms with Gasteiger partial charge in [-0.15, -0.1) is 0 Å². The van der Waals surface area contributed by atoms with Crippen molar-refractivity contribution in [2.45, 2.75) is 0 Å². The monoisotopic (exact) mass is 215 g/mol. The van der Waals surface area contributed by atoms with Crippen LogP contribution in [0.5, 0.6) is 0 Å². The van der Waals surface area contributed by atoms with E-state index in [1.54, 1.807) is 0 Å². The molecule has 0 aromatic carbocycles. The summed E-state index contributed by atoms with van der Waals surface area (Å²) in [6, 6.07) is 0. The second-order valence-electron chi connectivity index (χ2n) is 2.61. The van der Waals surface area contributed by atoms with Crippen molar-refractivity contribution < 1.29 is 17.3 Å². The first-order chi connectivity index (χ1) is 4.63. The summed E-state index contributed by atoms with van der Waals surface area (Å²) in [6.07, 6.45) is 0. The van der Waals surface area contributed by atoms with Crippen molar-refractivity contribution >= 4 is 9.69 Å². The van der Waals surface area contributed by atoms with E-state index in [4.69, 9.17) is 9.69 Å². The number of hydrogen-bond donors (Lipinski definition) is 0. The van der Waals surface area contributed by atoms with Crippen molar-refractivity contribution in [2.75, 3.05) is 41.3 Å². The van der Waals surface area contributed by atoms with Gasteiger partial charge in [-0.2, -0.15) is 0 Å². The summed E-state index contributed by atoms with van der Waals surface area (Å²) >= 11 is 0.847. The average molecular weight is 217 g/mol. The average Bonchev–Trinajstić information content (AvgIpc) is 1.89. The van der Waals surface area contributed by atoms with Crippen molar-refractivity contribution in [3.05, 3.63) is 0 Å². The van der Waals surface area contributed by atoms with Gasteiger partial charge in [0.1, 0.15) is 0 Å². The summed E-state index contributed by atoms with van der Waals surface area (Å²) in [5, 5.41) is 0. The van der Waals surface area contributed by atoms with E-state index in [9.17, 15) is 0 Å². The van der Waals surface area contributed by atoms with Gasteiger partial charge in [0.25, 0.3) is 0 Å². The molecule has 0 amide bonds. The summed E-state index contributed by atoms with van der Waals surface area (Å²) in [7, 11) is 13.1. The number of likely N-dealkylation sites (N-methyl/N-ethyl adjacent to an activating group) is 2. The molecule has 59 valence electrons. The van der Waals surface area contributed by atoms with Crippen LogP contribution in [0.2, 0.25) is 0 Å². The molecular formula is C6H16ClN2Zn. The molecule has 0 aliphatic heterocycles. The van der Waals surface area contributed by atoms with E-state index in [1.807, 2.05) is 0 Å². The summed E-state index contributed by atoms with van der Waals surface area (Å²) < 4.78 is 0. The van der Waals surface area contributed by atoms with E-state index in [0.717, 1.165) is 30.4 Å². The topological polar surface area (TPSA) is 6.48 Å². The minimum atomic E-state index is 0.847. The molecule has 0 aliphatic rings. The predicted octanol–water partition coefficient (Wildman–Crippen LogP) is 0.797. The van der Waals surface area contributed by atoms with Crippen LogP contribution in [0, 0.1) is 0 Å². The molecule has 2 nitrogen and oxygen atoms in total. The van der Waals surface area contributed by atoms with Crippen molar-refractivity contribution in [3.63, 3.8) is 0 Å². The van der Waals surface area contributed by atoms with E-state index in [-0.39, 0.29) is 0 Å². The molecule has 4 heteroatoms. The van der Waals surface area contributed by atoms with Crippen molar-refractivity contribution in [3.8, 4) is 0 Å². The van der Waals surface area contributed by atoms with Crippen LogP contribution in [-0.2, 0) is 17.3 Å². The van der Waals surface area contributed by atoms with Crippen LogP contribution in [0.25, 0.3) is 0 Å². The van der Waals surface area contributed by atoms with Crippen LogP contribution in [-0.4, -0.2) is 51.1 Å². The number of hydrogen-bond acceptors (Lipinski definition) is 2. The SMILES string of the molecule is CN(C)CCN(C)C.[Cl][Zn]. The van der Waals surface area contributed by atoms with E-state index < -0.39 is 0 Å². The standard InChI is InChI=1S/C6H16N2.ClH.Zn/c1-7(2)5-6-8(3)4;;/h5-6H2,1-4H3;1H;/q;;+1/p-1. The zero-order valence-corrected chi connectivity index (χ0v) is 11.1. The summed E-state index contributed by atoms with van der Waals surface area (Å²) in [4.78, 5) is 4.36. The fourth-order valence-electron chi connectivity index (χ4n) is 0.400. The molecule has 0 N–H and O–H groups in total. The van der Waals surface area contributed by atoms with Gasteiger partial charge in [0.15, 0.2) is 0 Å². The van der Waals surface area contributed by atoms with Gasteiger partial charge in [-0.3, -0.25) is 0 Å². The Balaban J connectivity index is 0. The van der Waals surface area contributed by atoms with Gasteiger partial charge < -0.3 is 9.80 Å². The van der Waals surface area contributed by atoms with Crippen LogP contribution in [0.15, 0.2) is 0 Å². The quantitative estimate of drug-likeness (QED) is 0.645. The number of nitrogens with zero attached hydrogens (tertiary/aromatic N) is 2. The molecule has 10 heavy (non-hydrogen) atoms. The maximum atomic E-state index is 4.76. The molecule has 0 radical (unpaired) electrons. The van der Waals surface area contributed by atoms with Gasteiger partial charge in [0.05, 0.1) is 0 Å². The Morgan fingerprint density at radius 2 is 1.10 bits per heavy atom. The van der Waals surface area contributed by atoms with Crippen LogP contribution >= 0.6 is 9.69 Å². The van der Waals surface area contributed by atoms with Crippen molar-refractivity contribution in [2.24, 2.45) is 0 Å². The molecule has 0 spiro atoms. The molecular weight excluding hydrogens is 201 g/mol. The molecule has 0 atom stereocenters. The van der Waals surface area contributed by atoms with E-state index in [0.29, 0.717) is 0 Å². The first kappa shape index (κ1) is 13.4. The van der Waals surface area contributed by atoms with Crippen molar-refractivity contribution in [1.82, 2.24) is 9.80 Å². The first-order valence-corrected chi connectivity index (χ1v) is 7.09. The molecule has 0 fully saturated rings. The van der Waals surface area contributed by atoms with Crippen LogP contribution < -0.4 is 0 Å². The van der Waals surface area contributed by atoms with Crippen molar-refractivity contribution in [1.29, 1.82) is 0 Å². The third-order valence-corrected chi connectivity index (χ3v) is 0.994. The summed E-state index contributed by atoms with van der Waals surface area (Å²) in [5.41, 5.74) is 0. The summed E-state index contributed by atoms with van der Waals surface area (Å²) in [5.74, 6) is 0. The third-order valence-electron chi connectivity index (χ3n) is 0.994. The molecule has 0 rings (SSSR count). The number of halogens is 1. The fraction of sp³-hybridized carbons (Fsp3) is 1.00. The molecule has 0 saturated heterocycles. The Morgan fingerprint density at radius 1 is 0.900 bits per heavy atom. The second-order valence-corrected chi connectivity index (χ2v) is 2.61. The molecule has 0 aliphatic carbocycles. The Labute approximate surface area is 78.2 Å².